The quantitative estimate of drug-likeness (QED) is 0.629. The molecular formula is C15H9BrFN. The minimum atomic E-state index is -0.249. The van der Waals surface area contributed by atoms with Gasteiger partial charge in [-0.2, -0.15) is 0 Å². The van der Waals surface area contributed by atoms with Crippen molar-refractivity contribution in [2.24, 2.45) is 0 Å². The summed E-state index contributed by atoms with van der Waals surface area (Å²) in [5.41, 5.74) is 2.45. The maximum Gasteiger partial charge on any atom is 0.123 e. The Morgan fingerprint density at radius 3 is 2.61 bits per heavy atom. The van der Waals surface area contributed by atoms with Gasteiger partial charge in [0.2, 0.25) is 0 Å². The van der Waals surface area contributed by atoms with Crippen LogP contribution >= 0.6 is 15.9 Å². The number of pyridine rings is 1. The average molecular weight is 302 g/mol. The Hall–Kier alpha value is -1.74. The Balaban J connectivity index is 2.22. The van der Waals surface area contributed by atoms with Crippen molar-refractivity contribution < 1.29 is 4.39 Å². The number of benzene rings is 2. The molecule has 3 rings (SSSR count). The zero-order valence-corrected chi connectivity index (χ0v) is 11.0. The van der Waals surface area contributed by atoms with Crippen LogP contribution in [0.15, 0.2) is 59.1 Å². The van der Waals surface area contributed by atoms with E-state index in [1.54, 1.807) is 6.07 Å². The Kier molecular flexibility index (Phi) is 2.84. The van der Waals surface area contributed by atoms with Crippen LogP contribution in [0.3, 0.4) is 0 Å². The summed E-state index contributed by atoms with van der Waals surface area (Å²) in [5, 5.41) is 1.06. The summed E-state index contributed by atoms with van der Waals surface area (Å²) in [6.07, 6.45) is 0. The molecule has 0 radical (unpaired) electrons. The molecule has 0 aliphatic heterocycles. The SMILES string of the molecule is Fc1cccc(-c2ccc3cccc(Br)c3n2)c1. The van der Waals surface area contributed by atoms with Crippen molar-refractivity contribution >= 4 is 26.8 Å². The van der Waals surface area contributed by atoms with Gasteiger partial charge in [-0.1, -0.05) is 30.3 Å². The van der Waals surface area contributed by atoms with Crippen molar-refractivity contribution in [1.29, 1.82) is 0 Å². The lowest BCUT2D eigenvalue weighted by Crippen LogP contribution is -1.87. The largest absolute Gasteiger partial charge is 0.247 e. The fourth-order valence-corrected chi connectivity index (χ4v) is 2.39. The van der Waals surface area contributed by atoms with E-state index in [0.717, 1.165) is 26.6 Å². The second kappa shape index (κ2) is 4.50. The van der Waals surface area contributed by atoms with Crippen molar-refractivity contribution in [3.63, 3.8) is 0 Å². The number of aromatic nitrogens is 1. The van der Waals surface area contributed by atoms with Gasteiger partial charge < -0.3 is 0 Å². The first kappa shape index (κ1) is 11.4. The Bertz CT molecular complexity index is 725. The Labute approximate surface area is 112 Å². The van der Waals surface area contributed by atoms with Gasteiger partial charge in [0.15, 0.2) is 0 Å². The first-order valence-corrected chi connectivity index (χ1v) is 6.34. The molecule has 88 valence electrons. The number of rotatable bonds is 1. The number of para-hydroxylation sites is 1. The Morgan fingerprint density at radius 2 is 1.78 bits per heavy atom. The summed E-state index contributed by atoms with van der Waals surface area (Å²) in [5.74, 6) is -0.249. The van der Waals surface area contributed by atoms with Gasteiger partial charge in [0.25, 0.3) is 0 Å². The summed E-state index contributed by atoms with van der Waals surface area (Å²) in [7, 11) is 0. The van der Waals surface area contributed by atoms with Crippen LogP contribution in [0, 0.1) is 5.82 Å². The smallest absolute Gasteiger partial charge is 0.123 e. The monoisotopic (exact) mass is 301 g/mol. The summed E-state index contributed by atoms with van der Waals surface area (Å²) in [4.78, 5) is 4.57. The number of fused-ring (bicyclic) bond motifs is 1. The number of hydrogen-bond donors (Lipinski definition) is 0. The summed E-state index contributed by atoms with van der Waals surface area (Å²) >= 11 is 3.48. The third kappa shape index (κ3) is 2.02. The third-order valence-corrected chi connectivity index (χ3v) is 3.43. The predicted octanol–water partition coefficient (Wildman–Crippen LogP) is 4.80. The van der Waals surface area contributed by atoms with Gasteiger partial charge in [-0.05, 0) is 40.2 Å². The molecule has 0 bridgehead atoms. The summed E-state index contributed by atoms with van der Waals surface area (Å²) < 4.78 is 14.2. The standard InChI is InChI=1S/C15H9BrFN/c16-13-6-2-3-10-7-8-14(18-15(10)13)11-4-1-5-12(17)9-11/h1-9H. The van der Waals surface area contributed by atoms with Crippen LogP contribution in [-0.2, 0) is 0 Å². The van der Waals surface area contributed by atoms with Crippen LogP contribution in [0.2, 0.25) is 0 Å². The van der Waals surface area contributed by atoms with Crippen molar-refractivity contribution in [3.8, 4) is 11.3 Å². The van der Waals surface area contributed by atoms with Crippen LogP contribution in [-0.4, -0.2) is 4.98 Å². The van der Waals surface area contributed by atoms with Crippen LogP contribution in [0.5, 0.6) is 0 Å². The zero-order valence-electron chi connectivity index (χ0n) is 9.40. The van der Waals surface area contributed by atoms with Crippen LogP contribution in [0.1, 0.15) is 0 Å². The maximum atomic E-state index is 13.2. The molecule has 0 aliphatic carbocycles. The van der Waals surface area contributed by atoms with E-state index in [1.807, 2.05) is 36.4 Å². The first-order chi connectivity index (χ1) is 8.74. The highest BCUT2D eigenvalue weighted by Crippen LogP contribution is 2.26. The van der Waals surface area contributed by atoms with E-state index in [-0.39, 0.29) is 5.82 Å². The lowest BCUT2D eigenvalue weighted by atomic mass is 10.1. The number of halogens is 2. The Morgan fingerprint density at radius 1 is 0.944 bits per heavy atom. The van der Waals surface area contributed by atoms with Gasteiger partial charge in [0.05, 0.1) is 11.2 Å². The molecule has 3 aromatic rings. The van der Waals surface area contributed by atoms with Gasteiger partial charge >= 0.3 is 0 Å². The maximum absolute atomic E-state index is 13.2. The third-order valence-electron chi connectivity index (χ3n) is 2.79. The summed E-state index contributed by atoms with van der Waals surface area (Å²) in [6, 6.07) is 16.3. The molecule has 2 aromatic carbocycles. The molecule has 1 aromatic heterocycles. The normalized spacial score (nSPS) is 10.8. The first-order valence-electron chi connectivity index (χ1n) is 5.55. The number of nitrogens with zero attached hydrogens (tertiary/aromatic N) is 1. The van der Waals surface area contributed by atoms with Crippen molar-refractivity contribution in [2.45, 2.75) is 0 Å². The highest BCUT2D eigenvalue weighted by Gasteiger charge is 2.04. The van der Waals surface area contributed by atoms with Crippen molar-refractivity contribution in [3.05, 3.63) is 64.9 Å². The van der Waals surface area contributed by atoms with Gasteiger partial charge in [-0.15, -0.1) is 0 Å². The number of hydrogen-bond acceptors (Lipinski definition) is 1. The van der Waals surface area contributed by atoms with Gasteiger partial charge in [-0.3, -0.25) is 0 Å². The molecule has 0 atom stereocenters. The fraction of sp³-hybridized carbons (Fsp3) is 0. The highest BCUT2D eigenvalue weighted by atomic mass is 79.9. The second-order valence-electron chi connectivity index (χ2n) is 4.02. The minimum Gasteiger partial charge on any atom is -0.247 e. The van der Waals surface area contributed by atoms with Gasteiger partial charge in [0.1, 0.15) is 5.82 Å². The topological polar surface area (TPSA) is 12.9 Å². The van der Waals surface area contributed by atoms with E-state index in [0.29, 0.717) is 0 Å². The van der Waals surface area contributed by atoms with E-state index in [4.69, 9.17) is 0 Å². The molecule has 1 nitrogen and oxygen atoms in total. The van der Waals surface area contributed by atoms with Gasteiger partial charge in [-0.25, -0.2) is 9.37 Å². The minimum absolute atomic E-state index is 0.249. The second-order valence-corrected chi connectivity index (χ2v) is 4.87. The van der Waals surface area contributed by atoms with Crippen molar-refractivity contribution in [2.75, 3.05) is 0 Å². The van der Waals surface area contributed by atoms with E-state index < -0.39 is 0 Å². The van der Waals surface area contributed by atoms with E-state index in [9.17, 15) is 4.39 Å². The lowest BCUT2D eigenvalue weighted by molar-refractivity contribution is 0.628. The van der Waals surface area contributed by atoms with Gasteiger partial charge in [0, 0.05) is 15.4 Å². The fourth-order valence-electron chi connectivity index (χ4n) is 1.92. The molecule has 0 saturated heterocycles. The molecule has 0 aliphatic rings. The molecule has 0 amide bonds. The highest BCUT2D eigenvalue weighted by molar-refractivity contribution is 9.10. The van der Waals surface area contributed by atoms with Crippen LogP contribution in [0.4, 0.5) is 4.39 Å². The molecular weight excluding hydrogens is 293 g/mol. The molecule has 0 unspecified atom stereocenters. The predicted molar refractivity (Wildman–Crippen MR) is 74.8 cm³/mol. The van der Waals surface area contributed by atoms with Crippen molar-refractivity contribution in [1.82, 2.24) is 4.98 Å². The molecule has 18 heavy (non-hydrogen) atoms. The average Bonchev–Trinajstić information content (AvgIpc) is 2.39. The lowest BCUT2D eigenvalue weighted by Gasteiger charge is -2.04. The van der Waals surface area contributed by atoms with E-state index >= 15 is 0 Å². The molecule has 0 saturated carbocycles. The molecule has 3 heteroatoms. The van der Waals surface area contributed by atoms with E-state index in [1.165, 1.54) is 12.1 Å². The molecule has 0 N–H and O–H groups in total. The van der Waals surface area contributed by atoms with Crippen LogP contribution in [0.25, 0.3) is 22.2 Å². The molecule has 0 spiro atoms. The molecule has 1 heterocycles. The molecule has 0 fully saturated rings. The van der Waals surface area contributed by atoms with Crippen LogP contribution < -0.4 is 0 Å². The van der Waals surface area contributed by atoms with E-state index in [2.05, 4.69) is 20.9 Å². The zero-order chi connectivity index (χ0) is 12.5. The summed E-state index contributed by atoms with van der Waals surface area (Å²) in [6.45, 7) is 0.